The van der Waals surface area contributed by atoms with E-state index in [0.717, 1.165) is 19.3 Å². The SMILES string of the molecule is CN1CCNC(c2cncc(C(F)(F)F)c2)C1. The van der Waals surface area contributed by atoms with E-state index in [2.05, 4.69) is 15.2 Å². The highest BCUT2D eigenvalue weighted by Crippen LogP contribution is 2.30. The molecular weight excluding hydrogens is 231 g/mol. The van der Waals surface area contributed by atoms with Gasteiger partial charge in [-0.3, -0.25) is 4.98 Å². The lowest BCUT2D eigenvalue weighted by molar-refractivity contribution is -0.137. The lowest BCUT2D eigenvalue weighted by Crippen LogP contribution is -2.43. The topological polar surface area (TPSA) is 28.2 Å². The summed E-state index contributed by atoms with van der Waals surface area (Å²) in [4.78, 5) is 5.76. The predicted molar refractivity (Wildman–Crippen MR) is 57.5 cm³/mol. The smallest absolute Gasteiger partial charge is 0.308 e. The third-order valence-corrected chi connectivity index (χ3v) is 2.87. The summed E-state index contributed by atoms with van der Waals surface area (Å²) in [6, 6.07) is 1.09. The van der Waals surface area contributed by atoms with E-state index in [1.165, 1.54) is 12.3 Å². The van der Waals surface area contributed by atoms with E-state index in [0.29, 0.717) is 12.1 Å². The molecule has 1 saturated heterocycles. The Morgan fingerprint density at radius 2 is 2.18 bits per heavy atom. The summed E-state index contributed by atoms with van der Waals surface area (Å²) in [5.74, 6) is 0. The molecule has 0 aliphatic carbocycles. The summed E-state index contributed by atoms with van der Waals surface area (Å²) >= 11 is 0. The fraction of sp³-hybridized carbons (Fsp3) is 0.545. The van der Waals surface area contributed by atoms with Gasteiger partial charge in [0.05, 0.1) is 5.56 Å². The van der Waals surface area contributed by atoms with Crippen LogP contribution in [0.4, 0.5) is 13.2 Å². The van der Waals surface area contributed by atoms with Crippen molar-refractivity contribution in [3.63, 3.8) is 0 Å². The number of nitrogens with one attached hydrogen (secondary N) is 1. The molecule has 0 saturated carbocycles. The largest absolute Gasteiger partial charge is 0.417 e. The molecule has 2 heterocycles. The Bertz CT molecular complexity index is 392. The fourth-order valence-corrected chi connectivity index (χ4v) is 1.92. The van der Waals surface area contributed by atoms with Gasteiger partial charge in [0, 0.05) is 38.1 Å². The van der Waals surface area contributed by atoms with Crippen LogP contribution < -0.4 is 5.32 Å². The quantitative estimate of drug-likeness (QED) is 0.816. The van der Waals surface area contributed by atoms with Crippen molar-refractivity contribution in [1.82, 2.24) is 15.2 Å². The first-order valence-electron chi connectivity index (χ1n) is 5.41. The van der Waals surface area contributed by atoms with Gasteiger partial charge in [-0.1, -0.05) is 0 Å². The van der Waals surface area contributed by atoms with Crippen LogP contribution in [0.25, 0.3) is 0 Å². The van der Waals surface area contributed by atoms with Crippen LogP contribution in [-0.2, 0) is 6.18 Å². The Morgan fingerprint density at radius 1 is 1.41 bits per heavy atom. The maximum Gasteiger partial charge on any atom is 0.417 e. The number of pyridine rings is 1. The van der Waals surface area contributed by atoms with E-state index >= 15 is 0 Å². The standard InChI is InChI=1S/C11H14F3N3/c1-17-3-2-16-10(7-17)8-4-9(6-15-5-8)11(12,13)14/h4-6,10,16H,2-3,7H2,1H3. The molecule has 0 amide bonds. The second-order valence-electron chi connectivity index (χ2n) is 4.27. The van der Waals surface area contributed by atoms with Crippen molar-refractivity contribution in [2.24, 2.45) is 0 Å². The normalized spacial score (nSPS) is 22.7. The molecule has 94 valence electrons. The summed E-state index contributed by atoms with van der Waals surface area (Å²) < 4.78 is 37.6. The Balaban J connectivity index is 2.21. The average molecular weight is 245 g/mol. The molecule has 1 aromatic heterocycles. The molecule has 0 spiro atoms. The van der Waals surface area contributed by atoms with E-state index in [4.69, 9.17) is 0 Å². The molecule has 1 aliphatic rings. The van der Waals surface area contributed by atoms with Gasteiger partial charge < -0.3 is 10.2 Å². The maximum atomic E-state index is 12.5. The third kappa shape index (κ3) is 2.95. The zero-order valence-corrected chi connectivity index (χ0v) is 9.46. The Kier molecular flexibility index (Phi) is 3.35. The number of hydrogen-bond donors (Lipinski definition) is 1. The molecule has 17 heavy (non-hydrogen) atoms. The number of alkyl halides is 3. The van der Waals surface area contributed by atoms with Crippen molar-refractivity contribution in [3.05, 3.63) is 29.6 Å². The molecule has 6 heteroatoms. The minimum atomic E-state index is -4.33. The van der Waals surface area contributed by atoms with Gasteiger partial charge in [-0.05, 0) is 18.7 Å². The minimum Gasteiger partial charge on any atom is -0.308 e. The zero-order chi connectivity index (χ0) is 12.5. The third-order valence-electron chi connectivity index (χ3n) is 2.87. The molecule has 1 unspecified atom stereocenters. The summed E-state index contributed by atoms with van der Waals surface area (Å²) in [7, 11) is 1.95. The van der Waals surface area contributed by atoms with Crippen molar-refractivity contribution in [2.45, 2.75) is 12.2 Å². The highest BCUT2D eigenvalue weighted by Gasteiger charge is 2.32. The molecule has 1 N–H and O–H groups in total. The zero-order valence-electron chi connectivity index (χ0n) is 9.46. The summed E-state index contributed by atoms with van der Waals surface area (Å²) in [5.41, 5.74) is -0.101. The predicted octanol–water partition coefficient (Wildman–Crippen LogP) is 1.68. The van der Waals surface area contributed by atoms with Gasteiger partial charge in [0.15, 0.2) is 0 Å². The maximum absolute atomic E-state index is 12.5. The second kappa shape index (κ2) is 4.62. The van der Waals surface area contributed by atoms with Crippen LogP contribution in [0.3, 0.4) is 0 Å². The molecule has 1 fully saturated rings. The molecule has 2 rings (SSSR count). The van der Waals surface area contributed by atoms with Crippen molar-refractivity contribution in [3.8, 4) is 0 Å². The molecule has 0 aromatic carbocycles. The number of aromatic nitrogens is 1. The Labute approximate surface area is 97.6 Å². The fourth-order valence-electron chi connectivity index (χ4n) is 1.92. The van der Waals surface area contributed by atoms with Crippen LogP contribution in [0.5, 0.6) is 0 Å². The van der Waals surface area contributed by atoms with E-state index in [1.54, 1.807) is 0 Å². The summed E-state index contributed by atoms with van der Waals surface area (Å²) in [6.07, 6.45) is -1.98. The number of hydrogen-bond acceptors (Lipinski definition) is 3. The van der Waals surface area contributed by atoms with Gasteiger partial charge in [0.2, 0.25) is 0 Å². The van der Waals surface area contributed by atoms with E-state index in [9.17, 15) is 13.2 Å². The first-order valence-corrected chi connectivity index (χ1v) is 5.41. The molecule has 1 atom stereocenters. The summed E-state index contributed by atoms with van der Waals surface area (Å²) in [5, 5.41) is 3.20. The number of halogens is 3. The minimum absolute atomic E-state index is 0.0800. The van der Waals surface area contributed by atoms with Crippen LogP contribution in [0.15, 0.2) is 18.5 Å². The number of piperazine rings is 1. The lowest BCUT2D eigenvalue weighted by atomic mass is 10.0. The van der Waals surface area contributed by atoms with Gasteiger partial charge >= 0.3 is 6.18 Å². The first kappa shape index (κ1) is 12.3. The average Bonchev–Trinajstić information content (AvgIpc) is 2.28. The monoisotopic (exact) mass is 245 g/mol. The van der Waals surface area contributed by atoms with Crippen LogP contribution in [0.2, 0.25) is 0 Å². The van der Waals surface area contributed by atoms with E-state index < -0.39 is 11.7 Å². The number of likely N-dealkylation sites (N-methyl/N-ethyl adjacent to an activating group) is 1. The Morgan fingerprint density at radius 3 is 2.82 bits per heavy atom. The first-order chi connectivity index (χ1) is 7.97. The van der Waals surface area contributed by atoms with Gasteiger partial charge in [0.1, 0.15) is 0 Å². The van der Waals surface area contributed by atoms with Crippen LogP contribution >= 0.6 is 0 Å². The number of rotatable bonds is 1. The molecule has 3 nitrogen and oxygen atoms in total. The molecule has 1 aliphatic heterocycles. The van der Waals surface area contributed by atoms with E-state index in [1.807, 2.05) is 7.05 Å². The van der Waals surface area contributed by atoms with E-state index in [-0.39, 0.29) is 6.04 Å². The van der Waals surface area contributed by atoms with Crippen molar-refractivity contribution < 1.29 is 13.2 Å². The molecule has 0 bridgehead atoms. The van der Waals surface area contributed by atoms with Crippen LogP contribution in [0, 0.1) is 0 Å². The van der Waals surface area contributed by atoms with Gasteiger partial charge in [-0.25, -0.2) is 0 Å². The highest BCUT2D eigenvalue weighted by atomic mass is 19.4. The lowest BCUT2D eigenvalue weighted by Gasteiger charge is -2.31. The highest BCUT2D eigenvalue weighted by molar-refractivity contribution is 5.24. The van der Waals surface area contributed by atoms with Crippen molar-refractivity contribution in [1.29, 1.82) is 0 Å². The van der Waals surface area contributed by atoms with Crippen molar-refractivity contribution >= 4 is 0 Å². The van der Waals surface area contributed by atoms with Crippen LogP contribution in [-0.4, -0.2) is 36.6 Å². The molecular formula is C11H14F3N3. The Hall–Kier alpha value is -1.14. The second-order valence-corrected chi connectivity index (χ2v) is 4.27. The van der Waals surface area contributed by atoms with Gasteiger partial charge in [-0.2, -0.15) is 13.2 Å². The van der Waals surface area contributed by atoms with Crippen LogP contribution in [0.1, 0.15) is 17.2 Å². The van der Waals surface area contributed by atoms with Gasteiger partial charge in [0.25, 0.3) is 0 Å². The summed E-state index contributed by atoms with van der Waals surface area (Å²) in [6.45, 7) is 2.38. The van der Waals surface area contributed by atoms with Gasteiger partial charge in [-0.15, -0.1) is 0 Å². The molecule has 1 aromatic rings. The van der Waals surface area contributed by atoms with Crippen molar-refractivity contribution in [2.75, 3.05) is 26.7 Å². The number of nitrogens with zero attached hydrogens (tertiary/aromatic N) is 2. The molecule has 0 radical (unpaired) electrons.